The number of carbonyl (C=O) groups is 4. The molecule has 0 saturated carbocycles. The molecule has 4 aliphatic rings. The molecule has 3 fully saturated rings. The van der Waals surface area contributed by atoms with E-state index < -0.39 is 35.5 Å². The van der Waals surface area contributed by atoms with E-state index in [4.69, 9.17) is 0 Å². The van der Waals surface area contributed by atoms with Crippen LogP contribution < -0.4 is 15.5 Å². The fourth-order valence-corrected chi connectivity index (χ4v) is 4.55. The van der Waals surface area contributed by atoms with Gasteiger partial charge in [0, 0.05) is 31.6 Å². The molecule has 4 heterocycles. The summed E-state index contributed by atoms with van der Waals surface area (Å²) in [5.74, 6) is -2.96. The van der Waals surface area contributed by atoms with Crippen LogP contribution in [0, 0.1) is 5.82 Å². The third-order valence-electron chi connectivity index (χ3n) is 5.88. The van der Waals surface area contributed by atoms with Gasteiger partial charge in [0.2, 0.25) is 11.8 Å². The Bertz CT molecular complexity index is 903. The molecule has 2 bridgehead atoms. The zero-order valence-electron chi connectivity index (χ0n) is 14.3. The van der Waals surface area contributed by atoms with Crippen molar-refractivity contribution in [3.63, 3.8) is 0 Å². The zero-order valence-corrected chi connectivity index (χ0v) is 14.3. The van der Waals surface area contributed by atoms with Crippen LogP contribution >= 0.6 is 0 Å². The summed E-state index contributed by atoms with van der Waals surface area (Å²) in [6, 6.07) is 1.83. The van der Waals surface area contributed by atoms with Crippen LogP contribution in [-0.2, 0) is 9.59 Å². The standard InChI is InChI=1S/C18H17FN4O4/c19-12-4-10-11(5-14(12)22-8-3-9(22)7-20-6-8)18(27)23(17(10)26)13-1-2-15(24)21-16(13)25/h4-5,8-9,13,20H,1-3,6-7H2,(H,21,24,25). The minimum absolute atomic E-state index is 0.0326. The van der Waals surface area contributed by atoms with Gasteiger partial charge in [0.05, 0.1) is 16.8 Å². The summed E-state index contributed by atoms with van der Waals surface area (Å²) in [4.78, 5) is 51.8. The number of fused-ring (bicyclic) bond motifs is 3. The predicted octanol–water partition coefficient (Wildman–Crippen LogP) is -0.223. The summed E-state index contributed by atoms with van der Waals surface area (Å²) in [5.41, 5.74) is 0.400. The summed E-state index contributed by atoms with van der Waals surface area (Å²) in [6.45, 7) is 1.50. The molecule has 0 radical (unpaired) electrons. The van der Waals surface area contributed by atoms with Gasteiger partial charge in [-0.15, -0.1) is 0 Å². The van der Waals surface area contributed by atoms with Crippen LogP contribution in [-0.4, -0.2) is 59.7 Å². The van der Waals surface area contributed by atoms with E-state index in [-0.39, 0.29) is 36.1 Å². The maximum atomic E-state index is 14.8. The number of nitrogens with one attached hydrogen (secondary N) is 2. The molecule has 1 aromatic rings. The van der Waals surface area contributed by atoms with E-state index in [1.54, 1.807) is 0 Å². The molecule has 0 aromatic heterocycles. The Morgan fingerprint density at radius 1 is 1.00 bits per heavy atom. The minimum Gasteiger partial charge on any atom is -0.360 e. The average Bonchev–Trinajstić information content (AvgIpc) is 2.87. The molecule has 3 atom stereocenters. The molecule has 27 heavy (non-hydrogen) atoms. The molecular formula is C18H17FN4O4. The van der Waals surface area contributed by atoms with Crippen molar-refractivity contribution < 1.29 is 23.6 Å². The first-order chi connectivity index (χ1) is 13.0. The minimum atomic E-state index is -1.05. The van der Waals surface area contributed by atoms with E-state index in [0.717, 1.165) is 30.5 Å². The molecule has 0 aliphatic carbocycles. The highest BCUT2D eigenvalue weighted by atomic mass is 19.1. The van der Waals surface area contributed by atoms with Crippen molar-refractivity contribution >= 4 is 29.3 Å². The molecule has 4 aliphatic heterocycles. The van der Waals surface area contributed by atoms with Crippen LogP contribution in [0.4, 0.5) is 10.1 Å². The second kappa shape index (κ2) is 5.59. The number of halogens is 1. The van der Waals surface area contributed by atoms with E-state index in [2.05, 4.69) is 10.6 Å². The van der Waals surface area contributed by atoms with Gasteiger partial charge in [0.1, 0.15) is 11.9 Å². The highest BCUT2D eigenvalue weighted by molar-refractivity contribution is 6.23. The molecule has 5 rings (SSSR count). The predicted molar refractivity (Wildman–Crippen MR) is 90.6 cm³/mol. The fraction of sp³-hybridized carbons (Fsp3) is 0.444. The van der Waals surface area contributed by atoms with Crippen LogP contribution in [0.1, 0.15) is 40.0 Å². The maximum absolute atomic E-state index is 14.8. The van der Waals surface area contributed by atoms with Gasteiger partial charge < -0.3 is 10.2 Å². The molecule has 3 saturated heterocycles. The largest absolute Gasteiger partial charge is 0.360 e. The monoisotopic (exact) mass is 372 g/mol. The van der Waals surface area contributed by atoms with Crippen LogP contribution in [0.2, 0.25) is 0 Å². The van der Waals surface area contributed by atoms with Gasteiger partial charge >= 0.3 is 0 Å². The lowest BCUT2D eigenvalue weighted by Crippen LogP contribution is -2.68. The van der Waals surface area contributed by atoms with Gasteiger partial charge in [-0.2, -0.15) is 0 Å². The van der Waals surface area contributed by atoms with E-state index in [1.165, 1.54) is 6.07 Å². The molecule has 2 N–H and O–H groups in total. The van der Waals surface area contributed by atoms with E-state index in [1.807, 2.05) is 4.90 Å². The molecule has 3 unspecified atom stereocenters. The lowest BCUT2D eigenvalue weighted by atomic mass is 9.87. The summed E-state index contributed by atoms with van der Waals surface area (Å²) < 4.78 is 14.8. The third kappa shape index (κ3) is 2.24. The smallest absolute Gasteiger partial charge is 0.262 e. The summed E-state index contributed by atoms with van der Waals surface area (Å²) in [6.07, 6.45) is 1.10. The van der Waals surface area contributed by atoms with Gasteiger partial charge in [-0.25, -0.2) is 4.39 Å². The lowest BCUT2D eigenvalue weighted by Gasteiger charge is -2.54. The summed E-state index contributed by atoms with van der Waals surface area (Å²) in [5, 5.41) is 5.41. The van der Waals surface area contributed by atoms with Gasteiger partial charge in [-0.3, -0.25) is 29.4 Å². The number of hydrogen-bond donors (Lipinski definition) is 2. The molecule has 9 heteroatoms. The Morgan fingerprint density at radius 2 is 1.67 bits per heavy atom. The van der Waals surface area contributed by atoms with Crippen molar-refractivity contribution in [2.75, 3.05) is 18.0 Å². The Balaban J connectivity index is 1.50. The number of anilines is 1. The third-order valence-corrected chi connectivity index (χ3v) is 5.88. The van der Waals surface area contributed by atoms with Gasteiger partial charge in [-0.05, 0) is 25.0 Å². The number of benzene rings is 1. The van der Waals surface area contributed by atoms with E-state index in [0.29, 0.717) is 5.69 Å². The number of amides is 4. The number of hydrogen-bond acceptors (Lipinski definition) is 6. The topological polar surface area (TPSA) is 98.8 Å². The SMILES string of the molecule is O=C1CCC(N2C(=O)c3cc(F)c(N4C5CNCC4C5)cc3C2=O)C(=O)N1. The quantitative estimate of drug-likeness (QED) is 0.697. The van der Waals surface area contributed by atoms with Gasteiger partial charge in [0.25, 0.3) is 11.8 Å². The Labute approximate surface area is 153 Å². The number of piperazine rings is 1. The van der Waals surface area contributed by atoms with Crippen molar-refractivity contribution in [2.45, 2.75) is 37.4 Å². The van der Waals surface area contributed by atoms with Crippen molar-refractivity contribution in [1.82, 2.24) is 15.5 Å². The molecule has 8 nitrogen and oxygen atoms in total. The van der Waals surface area contributed by atoms with Crippen LogP contribution in [0.3, 0.4) is 0 Å². The number of carbonyl (C=O) groups excluding carboxylic acids is 4. The number of piperidine rings is 2. The van der Waals surface area contributed by atoms with Crippen molar-refractivity contribution in [3.8, 4) is 0 Å². The van der Waals surface area contributed by atoms with Crippen molar-refractivity contribution in [2.24, 2.45) is 0 Å². The molecule has 140 valence electrons. The highest BCUT2D eigenvalue weighted by Crippen LogP contribution is 2.39. The molecule has 0 spiro atoms. The van der Waals surface area contributed by atoms with Crippen LogP contribution in [0.25, 0.3) is 0 Å². The summed E-state index contributed by atoms with van der Waals surface area (Å²) >= 11 is 0. The fourth-order valence-electron chi connectivity index (χ4n) is 4.55. The first kappa shape index (κ1) is 16.4. The zero-order chi connectivity index (χ0) is 18.9. The maximum Gasteiger partial charge on any atom is 0.262 e. The Morgan fingerprint density at radius 3 is 2.30 bits per heavy atom. The Hall–Kier alpha value is -2.81. The second-order valence-corrected chi connectivity index (χ2v) is 7.41. The van der Waals surface area contributed by atoms with E-state index in [9.17, 15) is 23.6 Å². The van der Waals surface area contributed by atoms with E-state index >= 15 is 0 Å². The van der Waals surface area contributed by atoms with Gasteiger partial charge in [-0.1, -0.05) is 0 Å². The molecular weight excluding hydrogens is 355 g/mol. The number of imide groups is 2. The van der Waals surface area contributed by atoms with Gasteiger partial charge in [0.15, 0.2) is 0 Å². The second-order valence-electron chi connectivity index (χ2n) is 7.41. The van der Waals surface area contributed by atoms with Crippen molar-refractivity contribution in [3.05, 3.63) is 29.1 Å². The summed E-state index contributed by atoms with van der Waals surface area (Å²) in [7, 11) is 0. The lowest BCUT2D eigenvalue weighted by molar-refractivity contribution is -0.136. The highest BCUT2D eigenvalue weighted by Gasteiger charge is 2.47. The van der Waals surface area contributed by atoms with Crippen molar-refractivity contribution in [1.29, 1.82) is 0 Å². The molecule has 4 amide bonds. The average molecular weight is 372 g/mol. The number of rotatable bonds is 2. The van der Waals surface area contributed by atoms with Crippen LogP contribution in [0.5, 0.6) is 0 Å². The molecule has 1 aromatic carbocycles. The number of nitrogens with zero attached hydrogens (tertiary/aromatic N) is 2. The first-order valence-electron chi connectivity index (χ1n) is 9.00. The normalized spacial score (nSPS) is 29.6. The first-order valence-corrected chi connectivity index (χ1v) is 9.00. The Kier molecular flexibility index (Phi) is 3.39. The van der Waals surface area contributed by atoms with Crippen LogP contribution in [0.15, 0.2) is 12.1 Å².